The first-order valence-electron chi connectivity index (χ1n) is 11.4. The van der Waals surface area contributed by atoms with E-state index in [1.165, 1.54) is 12.1 Å². The third kappa shape index (κ3) is 7.09. The molecule has 0 radical (unpaired) electrons. The van der Waals surface area contributed by atoms with Crippen LogP contribution in [0.3, 0.4) is 0 Å². The molecule has 2 heterocycles. The molecule has 0 aliphatic carbocycles. The van der Waals surface area contributed by atoms with Crippen molar-refractivity contribution in [3.8, 4) is 5.75 Å². The number of hydrogen-bond acceptors (Lipinski definition) is 6. The highest BCUT2D eigenvalue weighted by atomic mass is 35.5. The van der Waals surface area contributed by atoms with Crippen molar-refractivity contribution in [2.75, 3.05) is 19.8 Å². The maximum atomic E-state index is 12.6. The number of amides is 1. The minimum absolute atomic E-state index is 0.0655. The number of carbonyl (C=O) groups excluding carboxylic acids is 2. The molecular formula is C25H31ClN2O5. The number of rotatable bonds is 3. The van der Waals surface area contributed by atoms with Gasteiger partial charge in [0.05, 0.1) is 22.9 Å². The molecular weight excluding hydrogens is 444 g/mol. The number of allylic oxidation sites excluding steroid dienone is 3. The molecule has 1 N–H and O–H groups in total. The molecule has 3 rings (SSSR count). The summed E-state index contributed by atoms with van der Waals surface area (Å²) in [5, 5.41) is 14.3. The van der Waals surface area contributed by atoms with Gasteiger partial charge in [0.25, 0.3) is 5.91 Å². The maximum absolute atomic E-state index is 12.6. The van der Waals surface area contributed by atoms with Crippen LogP contribution in [-0.2, 0) is 20.8 Å². The molecule has 0 spiro atoms. The maximum Gasteiger partial charge on any atom is 0.338 e. The number of cyclic esters (lactones) is 1. The van der Waals surface area contributed by atoms with Gasteiger partial charge in [-0.05, 0) is 69.2 Å². The fourth-order valence-electron chi connectivity index (χ4n) is 3.94. The second-order valence-corrected chi connectivity index (χ2v) is 8.64. The molecule has 2 aliphatic heterocycles. The molecule has 1 aromatic carbocycles. The number of halogens is 1. The smallest absolute Gasteiger partial charge is 0.338 e. The van der Waals surface area contributed by atoms with E-state index < -0.39 is 5.97 Å². The minimum Gasteiger partial charge on any atom is -0.506 e. The van der Waals surface area contributed by atoms with Crippen LogP contribution in [0.4, 0.5) is 0 Å². The van der Waals surface area contributed by atoms with Crippen LogP contribution in [0.2, 0.25) is 5.02 Å². The molecule has 8 heteroatoms. The third-order valence-corrected chi connectivity index (χ3v) is 6.21. The van der Waals surface area contributed by atoms with E-state index in [0.29, 0.717) is 17.7 Å². The standard InChI is InChI=1S/C25H31ClN2O5/c1-18-10-7-8-14-28(18)23(30)17-33-27-19-11-6-4-2-3-5-9-15-32-25(31)20-12-13-22(29)24(26)21(20)16-19/h3,5-6,11-13,18,29H,2,4,7-10,14-17H2,1H3/b5-3+,11-6+,27-19+. The Bertz CT molecular complexity index is 941. The summed E-state index contributed by atoms with van der Waals surface area (Å²) in [6.07, 6.45) is 13.3. The van der Waals surface area contributed by atoms with E-state index in [0.717, 1.165) is 38.6 Å². The average Bonchev–Trinajstić information content (AvgIpc) is 2.80. The Balaban J connectivity index is 1.81. The van der Waals surface area contributed by atoms with Crippen LogP contribution < -0.4 is 0 Å². The number of esters is 1. The number of phenolic OH excluding ortho intramolecular Hbond substituents is 1. The van der Waals surface area contributed by atoms with E-state index in [-0.39, 0.29) is 47.9 Å². The first-order valence-corrected chi connectivity index (χ1v) is 11.8. The summed E-state index contributed by atoms with van der Waals surface area (Å²) in [6, 6.07) is 3.06. The number of nitrogens with zero attached hydrogens (tertiary/aromatic N) is 2. The van der Waals surface area contributed by atoms with Gasteiger partial charge in [0.2, 0.25) is 0 Å². The highest BCUT2D eigenvalue weighted by Gasteiger charge is 2.24. The van der Waals surface area contributed by atoms with Crippen LogP contribution in [0, 0.1) is 0 Å². The molecule has 33 heavy (non-hydrogen) atoms. The summed E-state index contributed by atoms with van der Waals surface area (Å²) in [7, 11) is 0. The van der Waals surface area contributed by atoms with Crippen molar-refractivity contribution in [3.05, 3.63) is 52.6 Å². The molecule has 178 valence electrons. The molecule has 1 aromatic rings. The lowest BCUT2D eigenvalue weighted by molar-refractivity contribution is -0.139. The number of fused-ring (bicyclic) bond motifs is 1. The Morgan fingerprint density at radius 2 is 2.03 bits per heavy atom. The molecule has 1 unspecified atom stereocenters. The van der Waals surface area contributed by atoms with E-state index >= 15 is 0 Å². The quantitative estimate of drug-likeness (QED) is 0.385. The number of aromatic hydroxyl groups is 1. The molecule has 1 fully saturated rings. The van der Waals surface area contributed by atoms with Crippen molar-refractivity contribution < 1.29 is 24.3 Å². The number of phenols is 1. The molecule has 2 aliphatic rings. The van der Waals surface area contributed by atoms with Crippen molar-refractivity contribution in [1.29, 1.82) is 0 Å². The van der Waals surface area contributed by atoms with Crippen LogP contribution in [0.25, 0.3) is 0 Å². The van der Waals surface area contributed by atoms with Gasteiger partial charge in [-0.15, -0.1) is 0 Å². The zero-order valence-electron chi connectivity index (χ0n) is 19.0. The number of piperidine rings is 1. The zero-order chi connectivity index (χ0) is 23.6. The van der Waals surface area contributed by atoms with Gasteiger partial charge in [0, 0.05) is 19.0 Å². The molecule has 1 atom stereocenters. The van der Waals surface area contributed by atoms with Crippen molar-refractivity contribution in [3.63, 3.8) is 0 Å². The summed E-state index contributed by atoms with van der Waals surface area (Å²) >= 11 is 6.35. The number of benzene rings is 1. The highest BCUT2D eigenvalue weighted by Crippen LogP contribution is 2.31. The number of hydrogen-bond donors (Lipinski definition) is 1. The Kier molecular flexibility index (Phi) is 9.36. The van der Waals surface area contributed by atoms with Gasteiger partial charge >= 0.3 is 5.97 Å². The fraction of sp³-hybridized carbons (Fsp3) is 0.480. The van der Waals surface area contributed by atoms with Crippen LogP contribution in [-0.4, -0.2) is 53.4 Å². The lowest BCUT2D eigenvalue weighted by atomic mass is 10.0. The van der Waals surface area contributed by atoms with Crippen LogP contribution in [0.5, 0.6) is 5.75 Å². The van der Waals surface area contributed by atoms with Crippen LogP contribution in [0.15, 0.2) is 41.6 Å². The first-order chi connectivity index (χ1) is 16.0. The second-order valence-electron chi connectivity index (χ2n) is 8.27. The van der Waals surface area contributed by atoms with Gasteiger partial charge < -0.3 is 19.6 Å². The monoisotopic (exact) mass is 474 g/mol. The lowest BCUT2D eigenvalue weighted by Gasteiger charge is -2.32. The van der Waals surface area contributed by atoms with E-state index in [2.05, 4.69) is 5.16 Å². The number of carbonyl (C=O) groups is 2. The summed E-state index contributed by atoms with van der Waals surface area (Å²) in [5.41, 5.74) is 1.15. The number of ether oxygens (including phenoxy) is 1. The topological polar surface area (TPSA) is 88.4 Å². The van der Waals surface area contributed by atoms with Gasteiger partial charge in [0.15, 0.2) is 6.61 Å². The van der Waals surface area contributed by atoms with Gasteiger partial charge in [0.1, 0.15) is 5.75 Å². The molecule has 0 bridgehead atoms. The van der Waals surface area contributed by atoms with Crippen molar-refractivity contribution in [2.24, 2.45) is 5.16 Å². The minimum atomic E-state index is -0.518. The summed E-state index contributed by atoms with van der Waals surface area (Å²) < 4.78 is 5.36. The average molecular weight is 475 g/mol. The van der Waals surface area contributed by atoms with Gasteiger partial charge in [-0.25, -0.2) is 4.79 Å². The van der Waals surface area contributed by atoms with E-state index in [4.69, 9.17) is 21.2 Å². The zero-order valence-corrected chi connectivity index (χ0v) is 19.7. The van der Waals surface area contributed by atoms with E-state index in [1.807, 2.05) is 30.1 Å². The van der Waals surface area contributed by atoms with Crippen molar-refractivity contribution in [1.82, 2.24) is 4.90 Å². The predicted octanol–water partition coefficient (Wildman–Crippen LogP) is 4.81. The highest BCUT2D eigenvalue weighted by molar-refractivity contribution is 6.33. The normalized spacial score (nSPS) is 23.2. The SMILES string of the molecule is CC1CCCCN1C(=O)CO/N=C1\C=C\CC/C=C/CCOC(=O)c2ccc(O)c(Cl)c2C1. The van der Waals surface area contributed by atoms with E-state index in [9.17, 15) is 14.7 Å². The van der Waals surface area contributed by atoms with Crippen molar-refractivity contribution in [2.45, 2.75) is 57.9 Å². The molecule has 0 saturated carbocycles. The summed E-state index contributed by atoms with van der Waals surface area (Å²) in [4.78, 5) is 32.4. The van der Waals surface area contributed by atoms with Crippen LogP contribution in [0.1, 0.15) is 61.4 Å². The Hall–Kier alpha value is -2.80. The molecule has 0 aromatic heterocycles. The summed E-state index contributed by atoms with van der Waals surface area (Å²) in [5.74, 6) is -0.747. The van der Waals surface area contributed by atoms with E-state index in [1.54, 1.807) is 6.08 Å². The van der Waals surface area contributed by atoms with Gasteiger partial charge in [-0.1, -0.05) is 35.0 Å². The first kappa shape index (κ1) is 24.8. The number of likely N-dealkylation sites (tertiary alicyclic amines) is 1. The lowest BCUT2D eigenvalue weighted by Crippen LogP contribution is -2.43. The fourth-order valence-corrected chi connectivity index (χ4v) is 4.17. The Morgan fingerprint density at radius 1 is 1.24 bits per heavy atom. The summed E-state index contributed by atoms with van der Waals surface area (Å²) in [6.45, 7) is 2.87. The Labute approximate surface area is 199 Å². The predicted molar refractivity (Wildman–Crippen MR) is 128 cm³/mol. The van der Waals surface area contributed by atoms with Gasteiger partial charge in [-0.3, -0.25) is 4.79 Å². The number of oxime groups is 1. The van der Waals surface area contributed by atoms with Crippen molar-refractivity contribution >= 4 is 29.2 Å². The molecule has 1 amide bonds. The Morgan fingerprint density at radius 3 is 2.85 bits per heavy atom. The van der Waals surface area contributed by atoms with Crippen LogP contribution >= 0.6 is 11.6 Å². The molecule has 7 nitrogen and oxygen atoms in total. The second kappa shape index (κ2) is 12.4. The molecule has 1 saturated heterocycles. The van der Waals surface area contributed by atoms with Gasteiger partial charge in [-0.2, -0.15) is 0 Å². The largest absolute Gasteiger partial charge is 0.506 e. The third-order valence-electron chi connectivity index (χ3n) is 5.79.